The van der Waals surface area contributed by atoms with Gasteiger partial charge in [0.25, 0.3) is 5.69 Å². The summed E-state index contributed by atoms with van der Waals surface area (Å²) in [6, 6.07) is 9.40. The summed E-state index contributed by atoms with van der Waals surface area (Å²) >= 11 is 6.14. The SMILES string of the molecule is CC1=Nn2c(nnc2C(F)(F)Cl)S/C1=C\c1ccc(-c2ccc([N+](=O)[O-])cc2)o1. The van der Waals surface area contributed by atoms with Crippen LogP contribution in [0.5, 0.6) is 0 Å². The third-order valence-corrected chi connectivity index (χ3v) is 5.18. The quantitative estimate of drug-likeness (QED) is 0.319. The molecule has 1 aliphatic heterocycles. The van der Waals surface area contributed by atoms with E-state index in [1.54, 1.807) is 37.3 Å². The standard InChI is InChI=1S/C17H10ClF2N5O3S/c1-9-14(29-16-22-21-15(17(18,19)20)24(16)23-9)8-12-6-7-13(28-12)10-2-4-11(5-3-10)25(26)27/h2-8H,1H3/b14-8-. The lowest BCUT2D eigenvalue weighted by Crippen LogP contribution is -2.15. The van der Waals surface area contributed by atoms with Gasteiger partial charge in [-0.25, -0.2) is 0 Å². The van der Waals surface area contributed by atoms with E-state index in [2.05, 4.69) is 15.3 Å². The molecule has 4 rings (SSSR count). The summed E-state index contributed by atoms with van der Waals surface area (Å²) in [7, 11) is 0. The predicted molar refractivity (Wildman–Crippen MR) is 103 cm³/mol. The average molecular weight is 438 g/mol. The Labute approximate surface area is 171 Å². The van der Waals surface area contributed by atoms with E-state index in [1.165, 1.54) is 12.1 Å². The maximum absolute atomic E-state index is 13.4. The number of nitro groups is 1. The van der Waals surface area contributed by atoms with Crippen molar-refractivity contribution in [2.24, 2.45) is 5.10 Å². The van der Waals surface area contributed by atoms with E-state index in [9.17, 15) is 18.9 Å². The molecule has 3 heterocycles. The van der Waals surface area contributed by atoms with Gasteiger partial charge < -0.3 is 4.42 Å². The molecular weight excluding hydrogens is 428 g/mol. The predicted octanol–water partition coefficient (Wildman–Crippen LogP) is 5.11. The Bertz CT molecular complexity index is 1160. The first-order valence-corrected chi connectivity index (χ1v) is 9.24. The minimum Gasteiger partial charge on any atom is -0.457 e. The van der Waals surface area contributed by atoms with E-state index in [0.29, 0.717) is 27.7 Å². The number of hydrogen-bond donors (Lipinski definition) is 0. The van der Waals surface area contributed by atoms with Crippen LogP contribution < -0.4 is 0 Å². The van der Waals surface area contributed by atoms with Gasteiger partial charge in [0.2, 0.25) is 11.0 Å². The highest BCUT2D eigenvalue weighted by atomic mass is 35.5. The number of rotatable bonds is 4. The number of alkyl halides is 3. The number of nitrogens with zero attached hydrogens (tertiary/aromatic N) is 5. The third kappa shape index (κ3) is 3.78. The van der Waals surface area contributed by atoms with Crippen LogP contribution >= 0.6 is 23.4 Å². The average Bonchev–Trinajstić information content (AvgIpc) is 3.29. The summed E-state index contributed by atoms with van der Waals surface area (Å²) in [6.45, 7) is 1.65. The molecule has 8 nitrogen and oxygen atoms in total. The number of aromatic nitrogens is 3. The largest absolute Gasteiger partial charge is 0.457 e. The Morgan fingerprint density at radius 3 is 2.62 bits per heavy atom. The molecule has 0 amide bonds. The molecule has 0 saturated carbocycles. The van der Waals surface area contributed by atoms with Gasteiger partial charge >= 0.3 is 5.38 Å². The molecule has 0 bridgehead atoms. The van der Waals surface area contributed by atoms with Crippen LogP contribution in [0, 0.1) is 10.1 Å². The number of fused-ring (bicyclic) bond motifs is 1. The number of non-ortho nitro benzene ring substituents is 1. The maximum Gasteiger partial charge on any atom is 0.383 e. The van der Waals surface area contributed by atoms with Crippen molar-refractivity contribution in [3.63, 3.8) is 0 Å². The summed E-state index contributed by atoms with van der Waals surface area (Å²) in [5.74, 6) is 0.263. The van der Waals surface area contributed by atoms with Gasteiger partial charge in [-0.05, 0) is 60.6 Å². The summed E-state index contributed by atoms with van der Waals surface area (Å²) in [5, 5.41) is 18.4. The highest BCUT2D eigenvalue weighted by molar-refractivity contribution is 8.04. The molecule has 12 heteroatoms. The Balaban J connectivity index is 1.60. The summed E-state index contributed by atoms with van der Waals surface area (Å²) in [5.41, 5.74) is 1.12. The van der Waals surface area contributed by atoms with E-state index >= 15 is 0 Å². The highest BCUT2D eigenvalue weighted by Gasteiger charge is 2.37. The second kappa shape index (κ2) is 7.08. The number of furan rings is 1. The Morgan fingerprint density at radius 1 is 1.24 bits per heavy atom. The van der Waals surface area contributed by atoms with E-state index < -0.39 is 16.1 Å². The van der Waals surface area contributed by atoms with Gasteiger partial charge in [-0.3, -0.25) is 10.1 Å². The molecule has 29 heavy (non-hydrogen) atoms. The van der Waals surface area contributed by atoms with Gasteiger partial charge in [0.1, 0.15) is 11.5 Å². The lowest BCUT2D eigenvalue weighted by atomic mass is 10.1. The summed E-state index contributed by atoms with van der Waals surface area (Å²) in [6.07, 6.45) is 1.69. The fourth-order valence-electron chi connectivity index (χ4n) is 2.56. The first-order valence-electron chi connectivity index (χ1n) is 8.05. The fraction of sp³-hybridized carbons (Fsp3) is 0.118. The lowest BCUT2D eigenvalue weighted by Gasteiger charge is -2.14. The lowest BCUT2D eigenvalue weighted by molar-refractivity contribution is -0.384. The molecule has 0 radical (unpaired) electrons. The molecule has 0 N–H and O–H groups in total. The number of halogens is 3. The van der Waals surface area contributed by atoms with Crippen LogP contribution in [0.3, 0.4) is 0 Å². The van der Waals surface area contributed by atoms with Crippen LogP contribution in [-0.2, 0) is 5.38 Å². The number of benzene rings is 1. The van der Waals surface area contributed by atoms with Crippen molar-refractivity contribution in [2.75, 3.05) is 0 Å². The van der Waals surface area contributed by atoms with Crippen molar-refractivity contribution < 1.29 is 18.1 Å². The van der Waals surface area contributed by atoms with Crippen LogP contribution in [0.15, 0.2) is 56.0 Å². The first-order chi connectivity index (χ1) is 13.7. The van der Waals surface area contributed by atoms with Crippen molar-refractivity contribution in [2.45, 2.75) is 17.5 Å². The number of nitro benzene ring substituents is 1. The fourth-order valence-corrected chi connectivity index (χ4v) is 3.54. The normalized spacial score (nSPS) is 15.3. The van der Waals surface area contributed by atoms with Crippen LogP contribution in [0.4, 0.5) is 14.5 Å². The molecule has 0 aliphatic carbocycles. The van der Waals surface area contributed by atoms with Gasteiger partial charge in [-0.2, -0.15) is 18.6 Å². The Kier molecular flexibility index (Phi) is 4.71. The Hall–Kier alpha value is -3.05. The monoisotopic (exact) mass is 437 g/mol. The van der Waals surface area contributed by atoms with Gasteiger partial charge in [0.15, 0.2) is 0 Å². The zero-order chi connectivity index (χ0) is 20.8. The highest BCUT2D eigenvalue weighted by Crippen LogP contribution is 2.38. The smallest absolute Gasteiger partial charge is 0.383 e. The van der Waals surface area contributed by atoms with Crippen LogP contribution in [0.2, 0.25) is 0 Å². The first kappa shape index (κ1) is 19.3. The third-order valence-electron chi connectivity index (χ3n) is 3.94. The second-order valence-electron chi connectivity index (χ2n) is 5.92. The maximum atomic E-state index is 13.4. The molecule has 1 aliphatic rings. The van der Waals surface area contributed by atoms with Gasteiger partial charge in [-0.15, -0.1) is 10.2 Å². The zero-order valence-electron chi connectivity index (χ0n) is 14.5. The Morgan fingerprint density at radius 2 is 1.97 bits per heavy atom. The van der Waals surface area contributed by atoms with Crippen LogP contribution in [-0.4, -0.2) is 25.5 Å². The molecule has 1 aromatic carbocycles. The van der Waals surface area contributed by atoms with Crippen LogP contribution in [0.1, 0.15) is 18.5 Å². The van der Waals surface area contributed by atoms with Gasteiger partial charge in [-0.1, -0.05) is 0 Å². The summed E-state index contributed by atoms with van der Waals surface area (Å²) in [4.78, 5) is 10.9. The number of hydrogen-bond acceptors (Lipinski definition) is 7. The van der Waals surface area contributed by atoms with Crippen molar-refractivity contribution in [1.29, 1.82) is 0 Å². The molecule has 3 aromatic rings. The van der Waals surface area contributed by atoms with Gasteiger partial charge in [0, 0.05) is 22.6 Å². The molecule has 148 valence electrons. The van der Waals surface area contributed by atoms with E-state index in [4.69, 9.17) is 16.0 Å². The van der Waals surface area contributed by atoms with Gasteiger partial charge in [0.05, 0.1) is 10.6 Å². The number of thioether (sulfide) groups is 1. The number of allylic oxidation sites excluding steroid dienone is 1. The minimum atomic E-state index is -3.68. The molecule has 0 fully saturated rings. The summed E-state index contributed by atoms with van der Waals surface area (Å²) < 4.78 is 33.4. The molecule has 2 aromatic heterocycles. The molecule has 0 unspecified atom stereocenters. The zero-order valence-corrected chi connectivity index (χ0v) is 16.1. The van der Waals surface area contributed by atoms with Crippen molar-refractivity contribution in [3.8, 4) is 11.3 Å². The van der Waals surface area contributed by atoms with E-state index in [-0.39, 0.29) is 10.8 Å². The topological polar surface area (TPSA) is 99.3 Å². The molecule has 0 atom stereocenters. The molecule has 0 saturated heterocycles. The van der Waals surface area contributed by atoms with Crippen molar-refractivity contribution in [3.05, 3.63) is 63.0 Å². The van der Waals surface area contributed by atoms with Crippen molar-refractivity contribution in [1.82, 2.24) is 14.9 Å². The molecule has 0 spiro atoms. The van der Waals surface area contributed by atoms with E-state index in [0.717, 1.165) is 16.4 Å². The minimum absolute atomic E-state index is 0.0147. The van der Waals surface area contributed by atoms with Crippen molar-refractivity contribution >= 4 is 40.8 Å². The van der Waals surface area contributed by atoms with E-state index in [1.807, 2.05) is 0 Å². The van der Waals surface area contributed by atoms with Crippen LogP contribution in [0.25, 0.3) is 17.4 Å². The second-order valence-corrected chi connectivity index (χ2v) is 7.40. The molecular formula is C17H10ClF2N5O3S.